The van der Waals surface area contributed by atoms with Crippen LogP contribution in [0.5, 0.6) is 5.75 Å². The lowest BCUT2D eigenvalue weighted by atomic mass is 10.2. The van der Waals surface area contributed by atoms with Crippen molar-refractivity contribution >= 4 is 39.0 Å². The van der Waals surface area contributed by atoms with Gasteiger partial charge in [-0.05, 0) is 53.0 Å². The summed E-state index contributed by atoms with van der Waals surface area (Å²) in [6, 6.07) is 5.71. The van der Waals surface area contributed by atoms with Crippen LogP contribution in [0.25, 0.3) is 0 Å². The van der Waals surface area contributed by atoms with Gasteiger partial charge in [0.05, 0.1) is 12.8 Å². The zero-order valence-corrected chi connectivity index (χ0v) is 13.3. The summed E-state index contributed by atoms with van der Waals surface area (Å²) in [5, 5.41) is 3.93. The van der Waals surface area contributed by atoms with Gasteiger partial charge in [-0.1, -0.05) is 11.6 Å². The topological polar surface area (TPSA) is 34.1 Å². The van der Waals surface area contributed by atoms with Crippen LogP contribution in [0.15, 0.2) is 28.9 Å². The van der Waals surface area contributed by atoms with Crippen LogP contribution >= 0.6 is 27.5 Å². The summed E-state index contributed by atoms with van der Waals surface area (Å²) in [7, 11) is 1.62. The zero-order valence-electron chi connectivity index (χ0n) is 10.9. The lowest BCUT2D eigenvalue weighted by molar-refractivity contribution is 0.416. The van der Waals surface area contributed by atoms with Crippen LogP contribution in [0.3, 0.4) is 0 Å². The smallest absolute Gasteiger partial charge is 0.143 e. The minimum Gasteiger partial charge on any atom is -0.495 e. The van der Waals surface area contributed by atoms with Gasteiger partial charge in [0.15, 0.2) is 0 Å². The second-order valence-electron chi connectivity index (χ2n) is 4.25. The molecule has 19 heavy (non-hydrogen) atoms. The Morgan fingerprint density at radius 2 is 1.95 bits per heavy atom. The van der Waals surface area contributed by atoms with Crippen molar-refractivity contribution in [2.45, 2.75) is 13.8 Å². The molecule has 0 unspecified atom stereocenters. The van der Waals surface area contributed by atoms with Crippen molar-refractivity contribution in [2.75, 3.05) is 12.4 Å². The number of ether oxygens (including phenoxy) is 1. The number of aromatic nitrogens is 1. The number of halogens is 2. The molecule has 0 bridgehead atoms. The van der Waals surface area contributed by atoms with Gasteiger partial charge in [-0.15, -0.1) is 0 Å². The van der Waals surface area contributed by atoms with Crippen molar-refractivity contribution in [1.29, 1.82) is 0 Å². The molecule has 2 aromatic rings. The first kappa shape index (κ1) is 14.2. The Bertz CT molecular complexity index is 617. The SMILES string of the molecule is COc1cc(Cl)c(C)cc1Nc1cc(C)c(Br)cn1. The highest BCUT2D eigenvalue weighted by Crippen LogP contribution is 2.33. The van der Waals surface area contributed by atoms with E-state index in [1.807, 2.05) is 26.0 Å². The first-order valence-corrected chi connectivity index (χ1v) is 6.91. The molecule has 0 spiro atoms. The van der Waals surface area contributed by atoms with Crippen LogP contribution in [0.1, 0.15) is 11.1 Å². The predicted octanol–water partition coefficient (Wildman–Crippen LogP) is 4.87. The number of anilines is 2. The van der Waals surface area contributed by atoms with E-state index in [0.717, 1.165) is 27.1 Å². The van der Waals surface area contributed by atoms with E-state index in [4.69, 9.17) is 16.3 Å². The fraction of sp³-hybridized carbons (Fsp3) is 0.214. The molecule has 0 aliphatic rings. The number of benzene rings is 1. The molecule has 1 aromatic heterocycles. The zero-order chi connectivity index (χ0) is 14.0. The number of nitrogens with one attached hydrogen (secondary N) is 1. The third kappa shape index (κ3) is 3.19. The van der Waals surface area contributed by atoms with E-state index in [1.54, 1.807) is 19.4 Å². The summed E-state index contributed by atoms with van der Waals surface area (Å²) in [6.45, 7) is 3.97. The van der Waals surface area contributed by atoms with E-state index in [2.05, 4.69) is 26.2 Å². The van der Waals surface area contributed by atoms with Crippen LogP contribution < -0.4 is 10.1 Å². The van der Waals surface area contributed by atoms with Crippen LogP contribution in [0.4, 0.5) is 11.5 Å². The Balaban J connectivity index is 2.37. The molecule has 0 atom stereocenters. The number of aryl methyl sites for hydroxylation is 2. The van der Waals surface area contributed by atoms with Gasteiger partial charge < -0.3 is 10.1 Å². The minimum absolute atomic E-state index is 0.683. The van der Waals surface area contributed by atoms with Crippen molar-refractivity contribution < 1.29 is 4.74 Å². The molecule has 1 N–H and O–H groups in total. The molecule has 0 aliphatic carbocycles. The van der Waals surface area contributed by atoms with E-state index in [-0.39, 0.29) is 0 Å². The van der Waals surface area contributed by atoms with Gasteiger partial charge >= 0.3 is 0 Å². The van der Waals surface area contributed by atoms with Crippen LogP contribution in [-0.2, 0) is 0 Å². The largest absolute Gasteiger partial charge is 0.495 e. The molecular weight excluding hydrogens is 328 g/mol. The van der Waals surface area contributed by atoms with Crippen LogP contribution in [0.2, 0.25) is 5.02 Å². The normalized spacial score (nSPS) is 10.4. The predicted molar refractivity (Wildman–Crippen MR) is 82.7 cm³/mol. The summed E-state index contributed by atoms with van der Waals surface area (Å²) in [4.78, 5) is 4.32. The van der Waals surface area contributed by atoms with Crippen LogP contribution in [-0.4, -0.2) is 12.1 Å². The Hall–Kier alpha value is -1.26. The highest BCUT2D eigenvalue weighted by atomic mass is 79.9. The molecular formula is C14H14BrClN2O. The third-order valence-electron chi connectivity index (χ3n) is 2.79. The van der Waals surface area contributed by atoms with Crippen molar-refractivity contribution in [3.63, 3.8) is 0 Å². The van der Waals surface area contributed by atoms with Crippen LogP contribution in [0, 0.1) is 13.8 Å². The molecule has 0 amide bonds. The van der Waals surface area contributed by atoms with Gasteiger partial charge in [0.2, 0.25) is 0 Å². The van der Waals surface area contributed by atoms with Gasteiger partial charge in [0, 0.05) is 21.8 Å². The van der Waals surface area contributed by atoms with Gasteiger partial charge in [-0.2, -0.15) is 0 Å². The monoisotopic (exact) mass is 340 g/mol. The average molecular weight is 342 g/mol. The Morgan fingerprint density at radius 3 is 2.58 bits per heavy atom. The van der Waals surface area contributed by atoms with Crippen molar-refractivity contribution in [2.24, 2.45) is 0 Å². The number of nitrogens with zero attached hydrogens (tertiary/aromatic N) is 1. The van der Waals surface area contributed by atoms with Gasteiger partial charge in [-0.25, -0.2) is 4.98 Å². The molecule has 0 saturated carbocycles. The number of rotatable bonds is 3. The maximum Gasteiger partial charge on any atom is 0.143 e. The number of pyridine rings is 1. The molecule has 2 rings (SSSR count). The van der Waals surface area contributed by atoms with Gasteiger partial charge in [-0.3, -0.25) is 0 Å². The second kappa shape index (κ2) is 5.80. The molecule has 0 aliphatic heterocycles. The summed E-state index contributed by atoms with van der Waals surface area (Å²) >= 11 is 9.52. The van der Waals surface area contributed by atoms with E-state index >= 15 is 0 Å². The van der Waals surface area contributed by atoms with Gasteiger partial charge in [0.1, 0.15) is 11.6 Å². The van der Waals surface area contributed by atoms with Crippen molar-refractivity contribution in [1.82, 2.24) is 4.98 Å². The minimum atomic E-state index is 0.683. The fourth-order valence-corrected chi connectivity index (χ4v) is 2.05. The molecule has 3 nitrogen and oxygen atoms in total. The fourth-order valence-electron chi connectivity index (χ4n) is 1.68. The van der Waals surface area contributed by atoms with Gasteiger partial charge in [0.25, 0.3) is 0 Å². The van der Waals surface area contributed by atoms with Crippen molar-refractivity contribution in [3.8, 4) is 5.75 Å². The number of hydrogen-bond acceptors (Lipinski definition) is 3. The highest BCUT2D eigenvalue weighted by molar-refractivity contribution is 9.10. The van der Waals surface area contributed by atoms with E-state index in [0.29, 0.717) is 10.8 Å². The second-order valence-corrected chi connectivity index (χ2v) is 5.51. The highest BCUT2D eigenvalue weighted by Gasteiger charge is 2.08. The molecule has 100 valence electrons. The quantitative estimate of drug-likeness (QED) is 0.865. The summed E-state index contributed by atoms with van der Waals surface area (Å²) in [6.07, 6.45) is 1.77. The molecule has 0 fully saturated rings. The number of hydrogen-bond donors (Lipinski definition) is 1. The third-order valence-corrected chi connectivity index (χ3v) is 4.03. The molecule has 0 radical (unpaired) electrons. The van der Waals surface area contributed by atoms with E-state index in [9.17, 15) is 0 Å². The standard InChI is InChI=1S/C14H14BrClN2O/c1-8-5-14(17-7-10(8)15)18-12-4-9(2)11(16)6-13(12)19-3/h4-7H,1-3H3,(H,17,18). The Morgan fingerprint density at radius 1 is 1.21 bits per heavy atom. The first-order valence-electron chi connectivity index (χ1n) is 5.74. The summed E-state index contributed by atoms with van der Waals surface area (Å²) in [5.74, 6) is 1.46. The molecule has 5 heteroatoms. The molecule has 1 heterocycles. The summed E-state index contributed by atoms with van der Waals surface area (Å²) < 4.78 is 6.31. The lowest BCUT2D eigenvalue weighted by Gasteiger charge is -2.13. The van der Waals surface area contributed by atoms with E-state index < -0.39 is 0 Å². The maximum atomic E-state index is 6.08. The molecule has 0 saturated heterocycles. The summed E-state index contributed by atoms with van der Waals surface area (Å²) in [5.41, 5.74) is 2.94. The molecule has 1 aromatic carbocycles. The average Bonchev–Trinajstić information content (AvgIpc) is 2.38. The Labute approximate surface area is 126 Å². The van der Waals surface area contributed by atoms with E-state index in [1.165, 1.54) is 0 Å². The number of methoxy groups -OCH3 is 1. The Kier molecular flexibility index (Phi) is 4.32. The maximum absolute atomic E-state index is 6.08. The van der Waals surface area contributed by atoms with Crippen molar-refractivity contribution in [3.05, 3.63) is 45.0 Å². The first-order chi connectivity index (χ1) is 9.01. The lowest BCUT2D eigenvalue weighted by Crippen LogP contribution is -1.98.